The molecule has 0 bridgehead atoms. The third-order valence-electron chi connectivity index (χ3n) is 5.68. The van der Waals surface area contributed by atoms with E-state index in [0.29, 0.717) is 5.69 Å². The SMILES string of the molecule is COc1ccc(C(=O)Nc2cccc3ccccc23)cc1S(=O)(=O)NC1CCCCC1. The molecule has 1 aliphatic rings. The fourth-order valence-corrected chi connectivity index (χ4v) is 5.56. The molecule has 1 fully saturated rings. The molecule has 6 nitrogen and oxygen atoms in total. The second-order valence-electron chi connectivity index (χ2n) is 7.80. The van der Waals surface area contributed by atoms with Crippen LogP contribution in [0.2, 0.25) is 0 Å². The standard InChI is InChI=1S/C24H26N2O4S/c1-30-22-15-14-18(16-23(22)31(28,29)26-19-10-3-2-4-11-19)24(27)25-21-13-7-9-17-8-5-6-12-20(17)21/h5-9,12-16,19,26H,2-4,10-11H2,1H3,(H,25,27). The van der Waals surface area contributed by atoms with E-state index >= 15 is 0 Å². The summed E-state index contributed by atoms with van der Waals surface area (Å²) in [7, 11) is -2.40. The van der Waals surface area contributed by atoms with Gasteiger partial charge in [-0.2, -0.15) is 0 Å². The lowest BCUT2D eigenvalue weighted by Gasteiger charge is -2.23. The topological polar surface area (TPSA) is 84.5 Å². The van der Waals surface area contributed by atoms with Crippen molar-refractivity contribution in [2.75, 3.05) is 12.4 Å². The number of methoxy groups -OCH3 is 1. The molecule has 4 rings (SSSR count). The zero-order valence-electron chi connectivity index (χ0n) is 17.4. The average Bonchev–Trinajstić information content (AvgIpc) is 2.79. The van der Waals surface area contributed by atoms with E-state index in [4.69, 9.17) is 4.74 Å². The van der Waals surface area contributed by atoms with Crippen molar-refractivity contribution in [2.45, 2.75) is 43.0 Å². The Balaban J connectivity index is 1.62. The van der Waals surface area contributed by atoms with Gasteiger partial charge >= 0.3 is 0 Å². The maximum atomic E-state index is 13.1. The van der Waals surface area contributed by atoms with Gasteiger partial charge in [0.2, 0.25) is 10.0 Å². The Morgan fingerprint density at radius 1 is 0.968 bits per heavy atom. The molecule has 1 amide bonds. The van der Waals surface area contributed by atoms with Crippen LogP contribution in [0.15, 0.2) is 65.6 Å². The first-order valence-electron chi connectivity index (χ1n) is 10.5. The summed E-state index contributed by atoms with van der Waals surface area (Å²) in [6, 6.07) is 17.8. The quantitative estimate of drug-likeness (QED) is 0.584. The number of hydrogen-bond acceptors (Lipinski definition) is 4. The zero-order chi connectivity index (χ0) is 21.8. The molecule has 2 N–H and O–H groups in total. The lowest BCUT2D eigenvalue weighted by molar-refractivity contribution is 0.102. The second kappa shape index (κ2) is 9.08. The van der Waals surface area contributed by atoms with E-state index in [1.54, 1.807) is 6.07 Å². The van der Waals surface area contributed by atoms with Gasteiger partial charge in [-0.25, -0.2) is 13.1 Å². The molecule has 1 aliphatic carbocycles. The summed E-state index contributed by atoms with van der Waals surface area (Å²) in [5, 5.41) is 4.83. The highest BCUT2D eigenvalue weighted by Crippen LogP contribution is 2.28. The largest absolute Gasteiger partial charge is 0.495 e. The van der Waals surface area contributed by atoms with Crippen LogP contribution in [-0.4, -0.2) is 27.5 Å². The average molecular weight is 439 g/mol. The molecule has 3 aromatic rings. The summed E-state index contributed by atoms with van der Waals surface area (Å²) in [6.07, 6.45) is 4.80. The van der Waals surface area contributed by atoms with Gasteiger partial charge in [-0.3, -0.25) is 4.79 Å². The molecule has 0 atom stereocenters. The number of carbonyl (C=O) groups is 1. The molecule has 0 spiro atoms. The van der Waals surface area contributed by atoms with Crippen molar-refractivity contribution in [3.8, 4) is 5.75 Å². The van der Waals surface area contributed by atoms with Crippen molar-refractivity contribution in [2.24, 2.45) is 0 Å². The Kier molecular flexibility index (Phi) is 6.25. The van der Waals surface area contributed by atoms with Crippen molar-refractivity contribution < 1.29 is 17.9 Å². The molecule has 0 aromatic heterocycles. The van der Waals surface area contributed by atoms with Gasteiger partial charge in [0.1, 0.15) is 10.6 Å². The zero-order valence-corrected chi connectivity index (χ0v) is 18.2. The first-order chi connectivity index (χ1) is 15.0. The van der Waals surface area contributed by atoms with Crippen LogP contribution in [0.4, 0.5) is 5.69 Å². The molecule has 0 aliphatic heterocycles. The van der Waals surface area contributed by atoms with E-state index in [2.05, 4.69) is 10.0 Å². The number of hydrogen-bond donors (Lipinski definition) is 2. The van der Waals surface area contributed by atoms with Crippen molar-refractivity contribution in [1.29, 1.82) is 0 Å². The first kappa shape index (κ1) is 21.3. The highest BCUT2D eigenvalue weighted by atomic mass is 32.2. The Morgan fingerprint density at radius 2 is 1.71 bits per heavy atom. The smallest absolute Gasteiger partial charge is 0.255 e. The first-order valence-corrected chi connectivity index (χ1v) is 12.0. The molecule has 0 saturated heterocycles. The molecule has 0 unspecified atom stereocenters. The lowest BCUT2D eigenvalue weighted by Crippen LogP contribution is -2.36. The number of fused-ring (bicyclic) bond motifs is 1. The van der Waals surface area contributed by atoms with Crippen LogP contribution in [0.5, 0.6) is 5.75 Å². The molecule has 0 radical (unpaired) electrons. The summed E-state index contributed by atoms with van der Waals surface area (Å²) in [5.74, 6) is -0.168. The number of rotatable bonds is 6. The minimum absolute atomic E-state index is 0.0221. The van der Waals surface area contributed by atoms with Crippen LogP contribution in [0, 0.1) is 0 Å². The number of amides is 1. The van der Waals surface area contributed by atoms with E-state index in [0.717, 1.165) is 42.9 Å². The van der Waals surface area contributed by atoms with Gasteiger partial charge < -0.3 is 10.1 Å². The third-order valence-corrected chi connectivity index (χ3v) is 7.22. The maximum Gasteiger partial charge on any atom is 0.255 e. The number of ether oxygens (including phenoxy) is 1. The summed E-state index contributed by atoms with van der Waals surface area (Å²) in [4.78, 5) is 12.9. The molecule has 162 valence electrons. The summed E-state index contributed by atoms with van der Waals surface area (Å²) in [6.45, 7) is 0. The maximum absolute atomic E-state index is 13.1. The molecular weight excluding hydrogens is 412 g/mol. The summed E-state index contributed by atoms with van der Waals surface area (Å²) < 4.78 is 34.2. The van der Waals surface area contributed by atoms with Gasteiger partial charge in [-0.1, -0.05) is 55.7 Å². The normalized spacial score (nSPS) is 15.0. The van der Waals surface area contributed by atoms with Gasteiger partial charge in [0.15, 0.2) is 0 Å². The minimum atomic E-state index is -3.82. The molecular formula is C24H26N2O4S. The van der Waals surface area contributed by atoms with E-state index in [9.17, 15) is 13.2 Å². The number of benzene rings is 3. The van der Waals surface area contributed by atoms with Crippen LogP contribution in [-0.2, 0) is 10.0 Å². The Hall–Kier alpha value is -2.90. The number of carbonyl (C=O) groups excluding carboxylic acids is 1. The molecule has 31 heavy (non-hydrogen) atoms. The fourth-order valence-electron chi connectivity index (χ4n) is 4.06. The molecule has 3 aromatic carbocycles. The summed E-state index contributed by atoms with van der Waals surface area (Å²) >= 11 is 0. The number of nitrogens with one attached hydrogen (secondary N) is 2. The van der Waals surface area contributed by atoms with Crippen LogP contribution in [0.25, 0.3) is 10.8 Å². The molecule has 1 saturated carbocycles. The van der Waals surface area contributed by atoms with Crippen molar-refractivity contribution in [3.63, 3.8) is 0 Å². The summed E-state index contributed by atoms with van der Waals surface area (Å²) in [5.41, 5.74) is 0.918. The van der Waals surface area contributed by atoms with E-state index in [1.165, 1.54) is 19.2 Å². The van der Waals surface area contributed by atoms with Crippen molar-refractivity contribution in [1.82, 2.24) is 4.72 Å². The number of anilines is 1. The fraction of sp³-hybridized carbons (Fsp3) is 0.292. The van der Waals surface area contributed by atoms with Crippen LogP contribution >= 0.6 is 0 Å². The van der Waals surface area contributed by atoms with E-state index in [-0.39, 0.29) is 28.2 Å². The van der Waals surface area contributed by atoms with Gasteiger partial charge in [-0.05, 0) is 42.5 Å². The van der Waals surface area contributed by atoms with E-state index in [1.807, 2.05) is 42.5 Å². The predicted octanol–water partition coefficient (Wildman–Crippen LogP) is 4.71. The molecule has 7 heteroatoms. The third kappa shape index (κ3) is 4.73. The predicted molar refractivity (Wildman–Crippen MR) is 122 cm³/mol. The van der Waals surface area contributed by atoms with Crippen molar-refractivity contribution >= 4 is 32.4 Å². The highest BCUT2D eigenvalue weighted by molar-refractivity contribution is 7.89. The Bertz CT molecular complexity index is 1200. The van der Waals surface area contributed by atoms with Gasteiger partial charge in [0.25, 0.3) is 5.91 Å². The van der Waals surface area contributed by atoms with Crippen LogP contribution in [0.1, 0.15) is 42.5 Å². The monoisotopic (exact) mass is 438 g/mol. The molecule has 0 heterocycles. The second-order valence-corrected chi connectivity index (χ2v) is 9.49. The Labute approximate surface area is 182 Å². The Morgan fingerprint density at radius 3 is 2.48 bits per heavy atom. The van der Waals surface area contributed by atoms with Crippen LogP contribution in [0.3, 0.4) is 0 Å². The highest BCUT2D eigenvalue weighted by Gasteiger charge is 2.26. The van der Waals surface area contributed by atoms with Gasteiger partial charge in [0.05, 0.1) is 7.11 Å². The van der Waals surface area contributed by atoms with Crippen LogP contribution < -0.4 is 14.8 Å². The minimum Gasteiger partial charge on any atom is -0.495 e. The van der Waals surface area contributed by atoms with Gasteiger partial charge in [0, 0.05) is 22.7 Å². The number of sulfonamides is 1. The van der Waals surface area contributed by atoms with Gasteiger partial charge in [-0.15, -0.1) is 0 Å². The lowest BCUT2D eigenvalue weighted by atomic mass is 9.96. The van der Waals surface area contributed by atoms with Crippen molar-refractivity contribution in [3.05, 3.63) is 66.2 Å². The van der Waals surface area contributed by atoms with E-state index < -0.39 is 10.0 Å².